The second-order valence-electron chi connectivity index (χ2n) is 5.05. The Bertz CT molecular complexity index is 444. The predicted molar refractivity (Wildman–Crippen MR) is 82.9 cm³/mol. The van der Waals surface area contributed by atoms with Gasteiger partial charge in [0, 0.05) is 5.75 Å². The van der Waals surface area contributed by atoms with Gasteiger partial charge in [-0.1, -0.05) is 37.2 Å². The maximum Gasteiger partial charge on any atom is 0.154 e. The van der Waals surface area contributed by atoms with Crippen molar-refractivity contribution in [1.29, 1.82) is 0 Å². The summed E-state index contributed by atoms with van der Waals surface area (Å²) in [5.74, 6) is 1.96. The van der Waals surface area contributed by atoms with Crippen LogP contribution in [0.25, 0.3) is 0 Å². The lowest BCUT2D eigenvalue weighted by molar-refractivity contribution is 0.309. The lowest BCUT2D eigenvalue weighted by atomic mass is 9.90. The molecule has 2 rings (SSSR count). The molecule has 0 amide bonds. The normalized spacial score (nSPS) is 22.9. The van der Waals surface area contributed by atoms with Crippen LogP contribution in [0.2, 0.25) is 0 Å². The number of ether oxygens (including phenoxy) is 1. The topological polar surface area (TPSA) is 47.6 Å². The van der Waals surface area contributed by atoms with Gasteiger partial charge in [0.1, 0.15) is 5.75 Å². The molecule has 0 aliphatic carbocycles. The third kappa shape index (κ3) is 3.66. The fourth-order valence-corrected chi connectivity index (χ4v) is 3.11. The number of hydrogen-bond donors (Lipinski definition) is 1. The van der Waals surface area contributed by atoms with Crippen LogP contribution < -0.4 is 10.5 Å². The van der Waals surface area contributed by atoms with Crippen LogP contribution in [-0.4, -0.2) is 17.5 Å². The molecule has 0 aromatic heterocycles. The molecule has 1 aromatic carbocycles. The quantitative estimate of drug-likeness (QED) is 0.838. The van der Waals surface area contributed by atoms with E-state index in [1.54, 1.807) is 11.8 Å². The van der Waals surface area contributed by atoms with Gasteiger partial charge >= 0.3 is 0 Å². The molecule has 0 bridgehead atoms. The maximum absolute atomic E-state index is 5.85. The van der Waals surface area contributed by atoms with Gasteiger partial charge in [0.25, 0.3) is 0 Å². The summed E-state index contributed by atoms with van der Waals surface area (Å²) in [5, 5.41) is 0.692. The molecular weight excluding hydrogens is 256 g/mol. The van der Waals surface area contributed by atoms with Gasteiger partial charge in [0.15, 0.2) is 5.17 Å². The van der Waals surface area contributed by atoms with Gasteiger partial charge in [-0.05, 0) is 37.5 Å². The molecule has 1 atom stereocenters. The molecule has 1 aromatic rings. The summed E-state index contributed by atoms with van der Waals surface area (Å²) in [4.78, 5) is 4.61. The summed E-state index contributed by atoms with van der Waals surface area (Å²) in [6.45, 7) is 5.10. The predicted octanol–water partition coefficient (Wildman–Crippen LogP) is 3.53. The van der Waals surface area contributed by atoms with E-state index in [9.17, 15) is 0 Å². The Kier molecular flexibility index (Phi) is 4.75. The van der Waals surface area contributed by atoms with Crippen molar-refractivity contribution >= 4 is 16.9 Å². The zero-order chi connectivity index (χ0) is 13.7. The molecule has 0 spiro atoms. The second kappa shape index (κ2) is 6.33. The summed E-state index contributed by atoms with van der Waals surface area (Å²) in [6, 6.07) is 8.27. The molecule has 0 saturated carbocycles. The molecule has 1 aliphatic rings. The fraction of sp³-hybridized carbons (Fsp3) is 0.533. The lowest BCUT2D eigenvalue weighted by Crippen LogP contribution is -2.28. The van der Waals surface area contributed by atoms with Gasteiger partial charge in [-0.3, -0.25) is 4.99 Å². The minimum atomic E-state index is -0.183. The van der Waals surface area contributed by atoms with E-state index in [4.69, 9.17) is 10.5 Å². The molecule has 104 valence electrons. The number of hydrogen-bond acceptors (Lipinski definition) is 4. The van der Waals surface area contributed by atoms with Crippen LogP contribution in [0, 0.1) is 0 Å². The molecule has 1 heterocycles. The highest BCUT2D eigenvalue weighted by molar-refractivity contribution is 8.13. The van der Waals surface area contributed by atoms with Gasteiger partial charge in [-0.2, -0.15) is 0 Å². The Morgan fingerprint density at radius 3 is 2.74 bits per heavy atom. The van der Waals surface area contributed by atoms with Gasteiger partial charge in [0.05, 0.1) is 12.1 Å². The van der Waals surface area contributed by atoms with E-state index < -0.39 is 0 Å². The Morgan fingerprint density at radius 1 is 1.37 bits per heavy atom. The van der Waals surface area contributed by atoms with E-state index in [2.05, 4.69) is 31.0 Å². The van der Waals surface area contributed by atoms with Crippen LogP contribution in [-0.2, 0) is 5.54 Å². The molecule has 3 nitrogen and oxygen atoms in total. The van der Waals surface area contributed by atoms with Gasteiger partial charge in [-0.15, -0.1) is 0 Å². The number of unbranched alkanes of at least 4 members (excludes halogenated alkanes) is 1. The first-order valence-electron chi connectivity index (χ1n) is 6.85. The molecule has 19 heavy (non-hydrogen) atoms. The molecule has 1 unspecified atom stereocenters. The van der Waals surface area contributed by atoms with Crippen molar-refractivity contribution in [2.45, 2.75) is 38.6 Å². The number of benzene rings is 1. The van der Waals surface area contributed by atoms with Crippen molar-refractivity contribution in [3.8, 4) is 5.75 Å². The molecule has 0 saturated heterocycles. The summed E-state index contributed by atoms with van der Waals surface area (Å²) in [7, 11) is 0. The van der Waals surface area contributed by atoms with E-state index in [-0.39, 0.29) is 5.54 Å². The number of rotatable bonds is 5. The van der Waals surface area contributed by atoms with Gasteiger partial charge < -0.3 is 10.5 Å². The van der Waals surface area contributed by atoms with Crippen LogP contribution in [0.15, 0.2) is 29.3 Å². The summed E-state index contributed by atoms with van der Waals surface area (Å²) in [6.07, 6.45) is 3.27. The average Bonchev–Trinajstić information content (AvgIpc) is 2.39. The van der Waals surface area contributed by atoms with Crippen molar-refractivity contribution in [1.82, 2.24) is 0 Å². The molecule has 1 aliphatic heterocycles. The van der Waals surface area contributed by atoms with Crippen molar-refractivity contribution in [2.24, 2.45) is 10.7 Å². The summed E-state index contributed by atoms with van der Waals surface area (Å²) in [5.41, 5.74) is 6.87. The van der Waals surface area contributed by atoms with Gasteiger partial charge in [-0.25, -0.2) is 0 Å². The Hall–Kier alpha value is -1.16. The zero-order valence-electron chi connectivity index (χ0n) is 11.7. The van der Waals surface area contributed by atoms with Crippen molar-refractivity contribution in [3.05, 3.63) is 29.8 Å². The molecule has 0 fully saturated rings. The standard InChI is InChI=1S/C15H22N2OS/c1-3-4-10-18-13-7-5-12(6-8-13)15(2)9-11-19-14(16)17-15/h5-8H,3-4,9-11H2,1-2H3,(H2,16,17). The largest absolute Gasteiger partial charge is 0.494 e. The van der Waals surface area contributed by atoms with Crippen LogP contribution in [0.1, 0.15) is 38.7 Å². The minimum Gasteiger partial charge on any atom is -0.494 e. The molecule has 4 heteroatoms. The van der Waals surface area contributed by atoms with E-state index >= 15 is 0 Å². The molecule has 0 radical (unpaired) electrons. The lowest BCUT2D eigenvalue weighted by Gasteiger charge is -2.29. The first kappa shape index (κ1) is 14.3. The summed E-state index contributed by atoms with van der Waals surface area (Å²) >= 11 is 1.63. The maximum atomic E-state index is 5.85. The number of nitrogens with two attached hydrogens (primary N) is 1. The summed E-state index contributed by atoms with van der Waals surface area (Å²) < 4.78 is 5.68. The zero-order valence-corrected chi connectivity index (χ0v) is 12.5. The van der Waals surface area contributed by atoms with E-state index in [0.29, 0.717) is 5.17 Å². The van der Waals surface area contributed by atoms with Crippen molar-refractivity contribution in [3.63, 3.8) is 0 Å². The number of nitrogens with zero attached hydrogens (tertiary/aromatic N) is 1. The SMILES string of the molecule is CCCCOc1ccc(C2(C)CCSC(N)=N2)cc1. The monoisotopic (exact) mass is 278 g/mol. The fourth-order valence-electron chi connectivity index (χ4n) is 2.14. The van der Waals surface area contributed by atoms with Crippen LogP contribution in [0.4, 0.5) is 0 Å². The van der Waals surface area contributed by atoms with Crippen LogP contribution >= 0.6 is 11.8 Å². The highest BCUT2D eigenvalue weighted by Crippen LogP contribution is 2.35. The van der Waals surface area contributed by atoms with Crippen LogP contribution in [0.5, 0.6) is 5.75 Å². The Labute approximate surface area is 119 Å². The van der Waals surface area contributed by atoms with Crippen molar-refractivity contribution in [2.75, 3.05) is 12.4 Å². The third-order valence-corrected chi connectivity index (χ3v) is 4.23. The first-order chi connectivity index (χ1) is 9.14. The Balaban J connectivity index is 2.07. The average molecular weight is 278 g/mol. The minimum absolute atomic E-state index is 0.183. The van der Waals surface area contributed by atoms with Gasteiger partial charge in [0.2, 0.25) is 0 Å². The second-order valence-corrected chi connectivity index (χ2v) is 6.16. The number of thioether (sulfide) groups is 1. The van der Waals surface area contributed by atoms with E-state index in [1.807, 2.05) is 12.1 Å². The van der Waals surface area contributed by atoms with Crippen LogP contribution in [0.3, 0.4) is 0 Å². The molecular formula is C15H22N2OS. The number of amidine groups is 1. The van der Waals surface area contributed by atoms with Crippen molar-refractivity contribution < 1.29 is 4.74 Å². The highest BCUT2D eigenvalue weighted by atomic mass is 32.2. The molecule has 2 N–H and O–H groups in total. The number of aliphatic imine (C=N–C) groups is 1. The first-order valence-corrected chi connectivity index (χ1v) is 7.84. The highest BCUT2D eigenvalue weighted by Gasteiger charge is 2.29. The van der Waals surface area contributed by atoms with E-state index in [0.717, 1.165) is 37.4 Å². The smallest absolute Gasteiger partial charge is 0.154 e. The Morgan fingerprint density at radius 2 is 2.11 bits per heavy atom. The van der Waals surface area contributed by atoms with E-state index in [1.165, 1.54) is 5.56 Å². The third-order valence-electron chi connectivity index (χ3n) is 3.44.